The topological polar surface area (TPSA) is 35.9 Å². The van der Waals surface area contributed by atoms with Crippen LogP contribution in [0.25, 0.3) is 0 Å². The lowest BCUT2D eigenvalue weighted by Gasteiger charge is -2.20. The van der Waals surface area contributed by atoms with Crippen molar-refractivity contribution in [1.82, 2.24) is 5.32 Å². The van der Waals surface area contributed by atoms with E-state index in [0.717, 1.165) is 0 Å². The van der Waals surface area contributed by atoms with Crippen LogP contribution in [0.5, 0.6) is 0 Å². The summed E-state index contributed by atoms with van der Waals surface area (Å²) in [5.74, 6) is 0. The summed E-state index contributed by atoms with van der Waals surface area (Å²) in [6.07, 6.45) is 1.91. The van der Waals surface area contributed by atoms with E-state index in [4.69, 9.17) is 5.41 Å². The molecule has 0 spiro atoms. The highest BCUT2D eigenvalue weighted by atomic mass is 32.2. The fraction of sp³-hybridized carbons (Fsp3) is 0.188. The molecule has 2 rings (SSSR count). The summed E-state index contributed by atoms with van der Waals surface area (Å²) in [5.41, 5.74) is 3.59. The van der Waals surface area contributed by atoms with E-state index in [0.29, 0.717) is 5.17 Å². The summed E-state index contributed by atoms with van der Waals surface area (Å²) < 4.78 is 0. The lowest BCUT2D eigenvalue weighted by atomic mass is 9.98. The molecule has 3 heteroatoms. The molecule has 1 atom stereocenters. The molecule has 0 aromatic heterocycles. The third kappa shape index (κ3) is 3.61. The minimum Gasteiger partial charge on any atom is -0.354 e. The van der Waals surface area contributed by atoms with Gasteiger partial charge in [-0.05, 0) is 24.3 Å². The van der Waals surface area contributed by atoms with E-state index < -0.39 is 0 Å². The van der Waals surface area contributed by atoms with Crippen LogP contribution in [0.2, 0.25) is 0 Å². The third-order valence-electron chi connectivity index (χ3n) is 3.02. The van der Waals surface area contributed by atoms with Crippen LogP contribution < -0.4 is 5.32 Å². The molecule has 0 aliphatic heterocycles. The van der Waals surface area contributed by atoms with Crippen molar-refractivity contribution in [2.45, 2.75) is 13.0 Å². The first-order valence-corrected chi connectivity index (χ1v) is 7.44. The maximum absolute atomic E-state index is 7.86. The van der Waals surface area contributed by atoms with Crippen molar-refractivity contribution in [2.75, 3.05) is 6.26 Å². The van der Waals surface area contributed by atoms with Crippen molar-refractivity contribution in [1.29, 1.82) is 5.41 Å². The van der Waals surface area contributed by atoms with E-state index in [1.54, 1.807) is 0 Å². The van der Waals surface area contributed by atoms with Gasteiger partial charge in [0.25, 0.3) is 0 Å². The number of nitrogens with one attached hydrogen (secondary N) is 2. The Morgan fingerprint density at radius 2 is 1.58 bits per heavy atom. The second-order valence-corrected chi connectivity index (χ2v) is 5.25. The van der Waals surface area contributed by atoms with Gasteiger partial charge in [-0.15, -0.1) is 0 Å². The summed E-state index contributed by atoms with van der Waals surface area (Å²) in [5, 5.41) is 11.6. The Morgan fingerprint density at radius 3 is 2.16 bits per heavy atom. The highest BCUT2D eigenvalue weighted by Gasteiger charge is 2.14. The van der Waals surface area contributed by atoms with Gasteiger partial charge in [-0.1, -0.05) is 71.9 Å². The van der Waals surface area contributed by atoms with Gasteiger partial charge in [0.2, 0.25) is 0 Å². The Morgan fingerprint density at radius 1 is 1.00 bits per heavy atom. The van der Waals surface area contributed by atoms with Gasteiger partial charge >= 0.3 is 0 Å². The summed E-state index contributed by atoms with van der Waals surface area (Å²) in [4.78, 5) is 0. The summed E-state index contributed by atoms with van der Waals surface area (Å²) >= 11 is 1.42. The Bertz CT molecular complexity index is 534. The monoisotopic (exact) mass is 270 g/mol. The van der Waals surface area contributed by atoms with E-state index in [1.807, 2.05) is 24.5 Å². The second-order valence-electron chi connectivity index (χ2n) is 4.43. The maximum atomic E-state index is 7.86. The summed E-state index contributed by atoms with van der Waals surface area (Å²) in [6, 6.07) is 18.7. The Kier molecular flexibility index (Phi) is 4.63. The predicted molar refractivity (Wildman–Crippen MR) is 83.8 cm³/mol. The van der Waals surface area contributed by atoms with E-state index in [-0.39, 0.29) is 6.04 Å². The zero-order valence-corrected chi connectivity index (χ0v) is 12.0. The van der Waals surface area contributed by atoms with Crippen LogP contribution in [-0.2, 0) is 0 Å². The van der Waals surface area contributed by atoms with Gasteiger partial charge in [-0.25, -0.2) is 0 Å². The van der Waals surface area contributed by atoms with Crippen LogP contribution in [0.3, 0.4) is 0 Å². The summed E-state index contributed by atoms with van der Waals surface area (Å²) in [7, 11) is 0. The number of aryl methyl sites for hydroxylation is 1. The molecule has 0 aliphatic carbocycles. The van der Waals surface area contributed by atoms with Crippen molar-refractivity contribution in [3.8, 4) is 0 Å². The number of thioether (sulfide) groups is 1. The average Bonchev–Trinajstić information content (AvgIpc) is 2.46. The molecule has 0 heterocycles. The molecule has 98 valence electrons. The Labute approximate surface area is 118 Å². The fourth-order valence-corrected chi connectivity index (χ4v) is 2.19. The molecule has 2 N–H and O–H groups in total. The van der Waals surface area contributed by atoms with Crippen molar-refractivity contribution in [3.63, 3.8) is 0 Å². The molecule has 0 saturated carbocycles. The number of rotatable bonds is 3. The van der Waals surface area contributed by atoms with Crippen molar-refractivity contribution < 1.29 is 0 Å². The van der Waals surface area contributed by atoms with Gasteiger partial charge in [0.05, 0.1) is 6.04 Å². The molecule has 19 heavy (non-hydrogen) atoms. The molecule has 1 unspecified atom stereocenters. The van der Waals surface area contributed by atoms with E-state index in [9.17, 15) is 0 Å². The zero-order chi connectivity index (χ0) is 13.7. The Hall–Kier alpha value is -1.74. The zero-order valence-electron chi connectivity index (χ0n) is 11.2. The minimum absolute atomic E-state index is 0.0294. The number of hydrogen-bond donors (Lipinski definition) is 2. The van der Waals surface area contributed by atoms with Crippen LogP contribution in [0.15, 0.2) is 54.6 Å². The maximum Gasteiger partial charge on any atom is 0.154 e. The molecule has 0 aliphatic rings. The van der Waals surface area contributed by atoms with Gasteiger partial charge in [0, 0.05) is 0 Å². The van der Waals surface area contributed by atoms with Gasteiger partial charge in [-0.2, -0.15) is 0 Å². The summed E-state index contributed by atoms with van der Waals surface area (Å²) in [6.45, 7) is 2.08. The largest absolute Gasteiger partial charge is 0.354 e. The average molecular weight is 270 g/mol. The smallest absolute Gasteiger partial charge is 0.154 e. The molecule has 2 aromatic rings. The van der Waals surface area contributed by atoms with Crippen molar-refractivity contribution in [2.24, 2.45) is 0 Å². The standard InChI is InChI=1S/C16H18N2S/c1-12-8-10-14(11-9-12)15(18-16(17)19-2)13-6-4-3-5-7-13/h3-11,15H,1-2H3,(H2,17,18). The number of amidine groups is 1. The molecule has 0 radical (unpaired) electrons. The van der Waals surface area contributed by atoms with Gasteiger partial charge in [-0.3, -0.25) is 5.41 Å². The molecule has 0 fully saturated rings. The Balaban J connectivity index is 2.34. The van der Waals surface area contributed by atoms with Crippen LogP contribution in [0.1, 0.15) is 22.7 Å². The van der Waals surface area contributed by atoms with Crippen LogP contribution in [0.4, 0.5) is 0 Å². The van der Waals surface area contributed by atoms with Crippen LogP contribution in [0, 0.1) is 12.3 Å². The molecular formula is C16H18N2S. The van der Waals surface area contributed by atoms with E-state index in [1.165, 1.54) is 28.5 Å². The first-order chi connectivity index (χ1) is 9.20. The van der Waals surface area contributed by atoms with E-state index in [2.05, 4.69) is 48.6 Å². The molecular weight excluding hydrogens is 252 g/mol. The molecule has 2 aromatic carbocycles. The highest BCUT2D eigenvalue weighted by molar-refractivity contribution is 8.13. The van der Waals surface area contributed by atoms with Gasteiger partial charge in [0.1, 0.15) is 0 Å². The van der Waals surface area contributed by atoms with Gasteiger partial charge in [0.15, 0.2) is 5.17 Å². The van der Waals surface area contributed by atoms with Gasteiger partial charge < -0.3 is 5.32 Å². The first-order valence-electron chi connectivity index (χ1n) is 6.21. The van der Waals surface area contributed by atoms with Crippen LogP contribution in [-0.4, -0.2) is 11.4 Å². The first kappa shape index (κ1) is 13.7. The molecule has 0 bridgehead atoms. The number of hydrogen-bond acceptors (Lipinski definition) is 2. The minimum atomic E-state index is 0.0294. The lowest BCUT2D eigenvalue weighted by Crippen LogP contribution is -2.26. The normalized spacial score (nSPS) is 11.9. The van der Waals surface area contributed by atoms with Crippen molar-refractivity contribution >= 4 is 16.9 Å². The SMILES string of the molecule is CSC(=N)NC(c1ccccc1)c1ccc(C)cc1. The lowest BCUT2D eigenvalue weighted by molar-refractivity contribution is 0.767. The third-order valence-corrected chi connectivity index (χ3v) is 3.55. The number of benzene rings is 2. The molecule has 2 nitrogen and oxygen atoms in total. The fourth-order valence-electron chi connectivity index (χ4n) is 1.95. The predicted octanol–water partition coefficient (Wildman–Crippen LogP) is 3.97. The molecule has 0 amide bonds. The molecule has 0 saturated heterocycles. The van der Waals surface area contributed by atoms with Crippen molar-refractivity contribution in [3.05, 3.63) is 71.3 Å². The van der Waals surface area contributed by atoms with E-state index >= 15 is 0 Å². The quantitative estimate of drug-likeness (QED) is 0.654. The second kappa shape index (κ2) is 6.43. The van der Waals surface area contributed by atoms with Crippen LogP contribution >= 0.6 is 11.8 Å². The highest BCUT2D eigenvalue weighted by Crippen LogP contribution is 2.23.